The van der Waals surface area contributed by atoms with Gasteiger partial charge in [0.2, 0.25) is 0 Å². The molecule has 1 aromatic rings. The second-order valence-corrected chi connectivity index (χ2v) is 5.41. The Morgan fingerprint density at radius 2 is 2.20 bits per heavy atom. The highest BCUT2D eigenvalue weighted by atomic mass is 79.9. The molecule has 0 heterocycles. The van der Waals surface area contributed by atoms with E-state index >= 15 is 0 Å². The van der Waals surface area contributed by atoms with Crippen molar-refractivity contribution in [2.45, 2.75) is 39.2 Å². The van der Waals surface area contributed by atoms with E-state index in [1.807, 2.05) is 6.92 Å². The van der Waals surface area contributed by atoms with E-state index < -0.39 is 16.9 Å². The van der Waals surface area contributed by atoms with Crippen LogP contribution in [0.3, 0.4) is 0 Å². The molecule has 1 rings (SSSR count). The molecule has 1 aromatic carbocycles. The quantitative estimate of drug-likeness (QED) is 0.580. The van der Waals surface area contributed by atoms with Gasteiger partial charge in [0.25, 0.3) is 5.69 Å². The van der Waals surface area contributed by atoms with Crippen LogP contribution < -0.4 is 5.32 Å². The van der Waals surface area contributed by atoms with Gasteiger partial charge in [-0.3, -0.25) is 10.1 Å². The van der Waals surface area contributed by atoms with E-state index in [9.17, 15) is 20.0 Å². The van der Waals surface area contributed by atoms with E-state index in [2.05, 4.69) is 21.2 Å². The first-order chi connectivity index (χ1) is 9.36. The minimum absolute atomic E-state index is 0.00265. The highest BCUT2D eigenvalue weighted by Crippen LogP contribution is 2.31. The summed E-state index contributed by atoms with van der Waals surface area (Å²) in [6.45, 7) is 3.61. The molecule has 0 saturated heterocycles. The standard InChI is InChI=1S/C13H17BrN2O4/c1-3-4-5-10(13(17)18)15-11-6-8(2)12(16(19)20)7-9(11)14/h6-7,10,15H,3-5H2,1-2H3,(H,17,18). The third kappa shape index (κ3) is 4.19. The average Bonchev–Trinajstić information content (AvgIpc) is 2.37. The van der Waals surface area contributed by atoms with Gasteiger partial charge in [-0.25, -0.2) is 4.79 Å². The zero-order chi connectivity index (χ0) is 15.3. The molecule has 110 valence electrons. The summed E-state index contributed by atoms with van der Waals surface area (Å²) >= 11 is 3.24. The minimum atomic E-state index is -0.929. The summed E-state index contributed by atoms with van der Waals surface area (Å²) in [4.78, 5) is 21.6. The Kier molecular flexibility index (Phi) is 5.94. The van der Waals surface area contributed by atoms with Crippen LogP contribution in [0.25, 0.3) is 0 Å². The Morgan fingerprint density at radius 3 is 2.70 bits per heavy atom. The zero-order valence-electron chi connectivity index (χ0n) is 11.4. The highest BCUT2D eigenvalue weighted by molar-refractivity contribution is 9.10. The number of nitrogens with one attached hydrogen (secondary N) is 1. The molecule has 1 atom stereocenters. The van der Waals surface area contributed by atoms with Crippen molar-refractivity contribution in [2.75, 3.05) is 5.32 Å². The summed E-state index contributed by atoms with van der Waals surface area (Å²) < 4.78 is 0.484. The van der Waals surface area contributed by atoms with Crippen molar-refractivity contribution >= 4 is 33.3 Å². The van der Waals surface area contributed by atoms with Crippen LogP contribution in [0.1, 0.15) is 31.7 Å². The van der Waals surface area contributed by atoms with Crippen molar-refractivity contribution in [2.24, 2.45) is 0 Å². The number of aryl methyl sites for hydroxylation is 1. The predicted molar refractivity (Wildman–Crippen MR) is 80.1 cm³/mol. The van der Waals surface area contributed by atoms with Crippen LogP contribution in [0.15, 0.2) is 16.6 Å². The molecule has 6 nitrogen and oxygen atoms in total. The topological polar surface area (TPSA) is 92.5 Å². The first-order valence-corrected chi connectivity index (χ1v) is 7.10. The molecule has 1 unspecified atom stereocenters. The normalized spacial score (nSPS) is 11.9. The lowest BCUT2D eigenvalue weighted by molar-refractivity contribution is -0.385. The highest BCUT2D eigenvalue weighted by Gasteiger charge is 2.20. The molecular weight excluding hydrogens is 328 g/mol. The van der Waals surface area contributed by atoms with Gasteiger partial charge in [-0.15, -0.1) is 0 Å². The molecule has 0 radical (unpaired) electrons. The van der Waals surface area contributed by atoms with Crippen molar-refractivity contribution in [1.29, 1.82) is 0 Å². The number of benzene rings is 1. The number of carboxylic acids is 1. The first-order valence-electron chi connectivity index (χ1n) is 6.30. The maximum absolute atomic E-state index is 11.2. The number of rotatable bonds is 7. The predicted octanol–water partition coefficient (Wildman–Crippen LogP) is 3.72. The number of nitro benzene ring substituents is 1. The van der Waals surface area contributed by atoms with E-state index in [4.69, 9.17) is 0 Å². The number of anilines is 1. The van der Waals surface area contributed by atoms with Crippen LogP contribution >= 0.6 is 15.9 Å². The molecule has 0 aliphatic carbocycles. The molecule has 0 spiro atoms. The van der Waals surface area contributed by atoms with Crippen LogP contribution in [0.2, 0.25) is 0 Å². The number of nitro groups is 1. The minimum Gasteiger partial charge on any atom is -0.480 e. The van der Waals surface area contributed by atoms with Crippen LogP contribution in [0.5, 0.6) is 0 Å². The number of unbranched alkanes of at least 4 members (excludes halogenated alkanes) is 1. The number of hydrogen-bond donors (Lipinski definition) is 2. The lowest BCUT2D eigenvalue weighted by Gasteiger charge is -2.17. The molecule has 0 aliphatic rings. The Bertz CT molecular complexity index is 519. The second-order valence-electron chi connectivity index (χ2n) is 4.55. The van der Waals surface area contributed by atoms with Gasteiger partial charge in [0, 0.05) is 21.8 Å². The molecular formula is C13H17BrN2O4. The summed E-state index contributed by atoms with van der Waals surface area (Å²) in [6.07, 6.45) is 2.22. The van der Waals surface area contributed by atoms with Crippen molar-refractivity contribution in [3.05, 3.63) is 32.3 Å². The number of hydrogen-bond acceptors (Lipinski definition) is 4. The van der Waals surface area contributed by atoms with E-state index in [0.29, 0.717) is 22.1 Å². The fourth-order valence-corrected chi connectivity index (χ4v) is 2.28. The SMILES string of the molecule is CCCCC(Nc1cc(C)c([N+](=O)[O-])cc1Br)C(=O)O. The number of halogens is 1. The lowest BCUT2D eigenvalue weighted by Crippen LogP contribution is -2.29. The molecule has 0 bridgehead atoms. The number of carboxylic acid groups (broad SMARTS) is 1. The summed E-state index contributed by atoms with van der Waals surface area (Å²) in [5, 5.41) is 22.9. The summed E-state index contributed by atoms with van der Waals surface area (Å²) in [5.41, 5.74) is 1.04. The Morgan fingerprint density at radius 1 is 1.55 bits per heavy atom. The Balaban J connectivity index is 2.98. The molecule has 7 heteroatoms. The Labute approximate surface area is 125 Å². The Hall–Kier alpha value is -1.63. The summed E-state index contributed by atoms with van der Waals surface area (Å²) in [5.74, 6) is -0.929. The van der Waals surface area contributed by atoms with Gasteiger partial charge in [0.05, 0.1) is 4.92 Å². The average molecular weight is 345 g/mol. The number of aliphatic carboxylic acids is 1. The largest absolute Gasteiger partial charge is 0.480 e. The third-order valence-corrected chi connectivity index (χ3v) is 3.61. The molecule has 0 fully saturated rings. The monoisotopic (exact) mass is 344 g/mol. The maximum atomic E-state index is 11.2. The van der Waals surface area contributed by atoms with E-state index in [0.717, 1.165) is 12.8 Å². The second kappa shape index (κ2) is 7.23. The van der Waals surface area contributed by atoms with Gasteiger partial charge in [-0.2, -0.15) is 0 Å². The van der Waals surface area contributed by atoms with E-state index in [-0.39, 0.29) is 5.69 Å². The van der Waals surface area contributed by atoms with Gasteiger partial charge in [0.15, 0.2) is 0 Å². The number of nitrogens with zero attached hydrogens (tertiary/aromatic N) is 1. The van der Waals surface area contributed by atoms with Crippen molar-refractivity contribution in [3.63, 3.8) is 0 Å². The van der Waals surface area contributed by atoms with E-state index in [1.54, 1.807) is 13.0 Å². The van der Waals surface area contributed by atoms with Gasteiger partial charge in [-0.05, 0) is 35.3 Å². The van der Waals surface area contributed by atoms with Crippen LogP contribution in [-0.4, -0.2) is 22.0 Å². The lowest BCUT2D eigenvalue weighted by atomic mass is 10.1. The number of carbonyl (C=O) groups is 1. The molecule has 0 amide bonds. The van der Waals surface area contributed by atoms with Crippen molar-refractivity contribution in [1.82, 2.24) is 0 Å². The van der Waals surface area contributed by atoms with Gasteiger partial charge in [0.1, 0.15) is 6.04 Å². The summed E-state index contributed by atoms with van der Waals surface area (Å²) in [7, 11) is 0. The fraction of sp³-hybridized carbons (Fsp3) is 0.462. The molecule has 20 heavy (non-hydrogen) atoms. The maximum Gasteiger partial charge on any atom is 0.326 e. The van der Waals surface area contributed by atoms with Crippen LogP contribution in [0.4, 0.5) is 11.4 Å². The molecule has 0 aliphatic heterocycles. The molecule has 2 N–H and O–H groups in total. The molecule has 0 saturated carbocycles. The van der Waals surface area contributed by atoms with Crippen LogP contribution in [-0.2, 0) is 4.79 Å². The summed E-state index contributed by atoms with van der Waals surface area (Å²) in [6, 6.07) is 2.27. The van der Waals surface area contributed by atoms with Crippen LogP contribution in [0, 0.1) is 17.0 Å². The fourth-order valence-electron chi connectivity index (χ4n) is 1.83. The first kappa shape index (κ1) is 16.4. The molecule has 0 aromatic heterocycles. The van der Waals surface area contributed by atoms with Gasteiger partial charge < -0.3 is 10.4 Å². The smallest absolute Gasteiger partial charge is 0.326 e. The third-order valence-electron chi connectivity index (χ3n) is 2.96. The zero-order valence-corrected chi connectivity index (χ0v) is 12.9. The van der Waals surface area contributed by atoms with Gasteiger partial charge in [-0.1, -0.05) is 19.8 Å². The van der Waals surface area contributed by atoms with Gasteiger partial charge >= 0.3 is 5.97 Å². The van der Waals surface area contributed by atoms with Crippen molar-refractivity contribution in [3.8, 4) is 0 Å². The van der Waals surface area contributed by atoms with E-state index in [1.165, 1.54) is 6.07 Å². The van der Waals surface area contributed by atoms with Crippen molar-refractivity contribution < 1.29 is 14.8 Å².